The fraction of sp³-hybridized carbons (Fsp3) is 0.571. The second-order valence-electron chi connectivity index (χ2n) is 7.02. The van der Waals surface area contributed by atoms with E-state index in [9.17, 15) is 14.4 Å². The zero-order chi connectivity index (χ0) is 19.6. The molecule has 1 amide bonds. The number of carboxylic acid groups (broad SMARTS) is 1. The van der Waals surface area contributed by atoms with Gasteiger partial charge in [0.2, 0.25) is 5.91 Å². The fourth-order valence-electron chi connectivity index (χ4n) is 3.21. The molecule has 1 heterocycles. The number of nitrogens with zero attached hydrogens (tertiary/aromatic N) is 1. The summed E-state index contributed by atoms with van der Waals surface area (Å²) in [5, 5.41) is 9.11. The molecular formula is C21H29NO5. The minimum absolute atomic E-state index is 0.0901. The fourth-order valence-corrected chi connectivity index (χ4v) is 3.21. The Morgan fingerprint density at radius 2 is 1.89 bits per heavy atom. The Labute approximate surface area is 160 Å². The average Bonchev–Trinajstić information content (AvgIpc) is 2.69. The number of Topliss-reactive ketones (excluding diaryl/α,β-unsaturated/α-hetero) is 1. The molecule has 0 bridgehead atoms. The summed E-state index contributed by atoms with van der Waals surface area (Å²) in [5.74, 6) is -0.853. The van der Waals surface area contributed by atoms with E-state index < -0.39 is 11.9 Å². The highest BCUT2D eigenvalue weighted by molar-refractivity contribution is 5.98. The summed E-state index contributed by atoms with van der Waals surface area (Å²) in [4.78, 5) is 37.3. The van der Waals surface area contributed by atoms with Crippen LogP contribution in [0.5, 0.6) is 5.75 Å². The van der Waals surface area contributed by atoms with Crippen LogP contribution in [0.1, 0.15) is 62.2 Å². The Hall–Kier alpha value is -2.37. The summed E-state index contributed by atoms with van der Waals surface area (Å²) in [5.41, 5.74) is 0.561. The highest BCUT2D eigenvalue weighted by Gasteiger charge is 2.28. The van der Waals surface area contributed by atoms with Gasteiger partial charge in [0.15, 0.2) is 5.78 Å². The lowest BCUT2D eigenvalue weighted by Gasteiger charge is -2.30. The number of piperidine rings is 1. The number of aliphatic carboxylic acids is 1. The molecular weight excluding hydrogens is 346 g/mol. The zero-order valence-electron chi connectivity index (χ0n) is 16.0. The Bertz CT molecular complexity index is 640. The molecule has 1 saturated heterocycles. The number of hydrogen-bond acceptors (Lipinski definition) is 4. The molecule has 0 radical (unpaired) electrons. The van der Waals surface area contributed by atoms with Crippen molar-refractivity contribution in [2.75, 3.05) is 19.7 Å². The average molecular weight is 375 g/mol. The van der Waals surface area contributed by atoms with Crippen molar-refractivity contribution in [3.05, 3.63) is 29.8 Å². The molecule has 0 aliphatic carbocycles. The van der Waals surface area contributed by atoms with E-state index in [-0.39, 0.29) is 31.1 Å². The summed E-state index contributed by atoms with van der Waals surface area (Å²) in [6, 6.07) is 7.01. The number of carboxylic acids is 1. The number of ketones is 1. The van der Waals surface area contributed by atoms with E-state index in [0.717, 1.165) is 25.0 Å². The first-order valence-electron chi connectivity index (χ1n) is 9.78. The Balaban J connectivity index is 1.77. The highest BCUT2D eigenvalue weighted by atomic mass is 16.5. The van der Waals surface area contributed by atoms with Crippen LogP contribution in [-0.4, -0.2) is 47.4 Å². The van der Waals surface area contributed by atoms with Crippen LogP contribution in [0, 0.1) is 5.92 Å². The van der Waals surface area contributed by atoms with E-state index in [2.05, 4.69) is 6.92 Å². The Kier molecular flexibility index (Phi) is 8.30. The van der Waals surface area contributed by atoms with Crippen molar-refractivity contribution in [3.63, 3.8) is 0 Å². The van der Waals surface area contributed by atoms with Gasteiger partial charge in [0, 0.05) is 31.5 Å². The second kappa shape index (κ2) is 10.7. The van der Waals surface area contributed by atoms with Gasteiger partial charge >= 0.3 is 5.97 Å². The van der Waals surface area contributed by atoms with E-state index in [4.69, 9.17) is 9.84 Å². The molecule has 2 rings (SSSR count). The molecule has 6 heteroatoms. The third-order valence-electron chi connectivity index (χ3n) is 4.88. The summed E-state index contributed by atoms with van der Waals surface area (Å²) in [7, 11) is 0. The molecule has 0 spiro atoms. The van der Waals surface area contributed by atoms with E-state index in [1.807, 2.05) is 0 Å². The quantitative estimate of drug-likeness (QED) is 0.499. The number of rotatable bonds is 10. The topological polar surface area (TPSA) is 83.9 Å². The number of ether oxygens (including phenoxy) is 1. The van der Waals surface area contributed by atoms with Crippen molar-refractivity contribution in [1.29, 1.82) is 0 Å². The maximum atomic E-state index is 12.3. The van der Waals surface area contributed by atoms with Crippen LogP contribution in [0.2, 0.25) is 0 Å². The van der Waals surface area contributed by atoms with Crippen LogP contribution >= 0.6 is 0 Å². The lowest BCUT2D eigenvalue weighted by molar-refractivity contribution is -0.145. The molecule has 1 aromatic carbocycles. The minimum atomic E-state index is -0.861. The van der Waals surface area contributed by atoms with E-state index in [0.29, 0.717) is 31.6 Å². The summed E-state index contributed by atoms with van der Waals surface area (Å²) < 4.78 is 5.63. The van der Waals surface area contributed by atoms with E-state index in [1.165, 1.54) is 0 Å². The van der Waals surface area contributed by atoms with Crippen molar-refractivity contribution in [2.45, 2.75) is 51.9 Å². The number of unbranched alkanes of at least 4 members (excludes halogenated alkanes) is 2. The van der Waals surface area contributed by atoms with Crippen LogP contribution in [0.3, 0.4) is 0 Å². The predicted octanol–water partition coefficient (Wildman–Crippen LogP) is 3.54. The first-order valence-corrected chi connectivity index (χ1v) is 9.78. The summed E-state index contributed by atoms with van der Waals surface area (Å²) >= 11 is 0. The molecule has 1 N–H and O–H groups in total. The molecule has 148 valence electrons. The van der Waals surface area contributed by atoms with Crippen molar-refractivity contribution < 1.29 is 24.2 Å². The molecule has 1 atom stereocenters. The molecule has 1 aliphatic heterocycles. The molecule has 0 saturated carbocycles. The number of likely N-dealkylation sites (tertiary alicyclic amines) is 1. The van der Waals surface area contributed by atoms with Crippen LogP contribution in [0.15, 0.2) is 24.3 Å². The van der Waals surface area contributed by atoms with Crippen LogP contribution in [0.4, 0.5) is 0 Å². The highest BCUT2D eigenvalue weighted by Crippen LogP contribution is 2.19. The summed E-state index contributed by atoms with van der Waals surface area (Å²) in [6.45, 7) is 3.62. The monoisotopic (exact) mass is 375 g/mol. The molecule has 1 aromatic rings. The van der Waals surface area contributed by atoms with Gasteiger partial charge in [0.25, 0.3) is 0 Å². The molecule has 6 nitrogen and oxygen atoms in total. The Morgan fingerprint density at radius 1 is 1.15 bits per heavy atom. The van der Waals surface area contributed by atoms with Gasteiger partial charge in [-0.25, -0.2) is 0 Å². The molecule has 1 fully saturated rings. The van der Waals surface area contributed by atoms with E-state index in [1.54, 1.807) is 29.2 Å². The van der Waals surface area contributed by atoms with Gasteiger partial charge < -0.3 is 14.7 Å². The summed E-state index contributed by atoms with van der Waals surface area (Å²) in [6.07, 6.45) is 4.82. The molecule has 1 aliphatic rings. The smallest absolute Gasteiger partial charge is 0.308 e. The minimum Gasteiger partial charge on any atom is -0.494 e. The zero-order valence-corrected chi connectivity index (χ0v) is 16.0. The van der Waals surface area contributed by atoms with Crippen LogP contribution < -0.4 is 4.74 Å². The normalized spacial score (nSPS) is 16.8. The first kappa shape index (κ1) is 20.9. The van der Waals surface area contributed by atoms with Crippen molar-refractivity contribution in [2.24, 2.45) is 5.92 Å². The van der Waals surface area contributed by atoms with Crippen molar-refractivity contribution in [3.8, 4) is 5.75 Å². The number of benzene rings is 1. The van der Waals surface area contributed by atoms with Crippen molar-refractivity contribution >= 4 is 17.7 Å². The number of carbonyl (C=O) groups excluding carboxylic acids is 2. The third kappa shape index (κ3) is 6.70. The molecule has 0 aromatic heterocycles. The SMILES string of the molecule is CCCCCOc1ccc(C(=O)CCC(=O)N2CCC[C@H](C(=O)O)C2)cc1. The van der Waals surface area contributed by atoms with Gasteiger partial charge in [-0.2, -0.15) is 0 Å². The van der Waals surface area contributed by atoms with Crippen LogP contribution in [0.25, 0.3) is 0 Å². The number of hydrogen-bond donors (Lipinski definition) is 1. The third-order valence-corrected chi connectivity index (χ3v) is 4.88. The van der Waals surface area contributed by atoms with Gasteiger partial charge in [-0.3, -0.25) is 14.4 Å². The largest absolute Gasteiger partial charge is 0.494 e. The standard InChI is InChI=1S/C21H29NO5/c1-2-3-4-14-27-18-9-7-16(8-10-18)19(23)11-12-20(24)22-13-5-6-17(15-22)21(25)26/h7-10,17H,2-6,11-15H2,1H3,(H,25,26)/t17-/m0/s1. The molecule has 27 heavy (non-hydrogen) atoms. The maximum Gasteiger partial charge on any atom is 0.308 e. The van der Waals surface area contributed by atoms with Gasteiger partial charge in [-0.05, 0) is 43.5 Å². The van der Waals surface area contributed by atoms with Crippen LogP contribution in [-0.2, 0) is 9.59 Å². The first-order chi connectivity index (χ1) is 13.0. The van der Waals surface area contributed by atoms with Crippen molar-refractivity contribution in [1.82, 2.24) is 4.90 Å². The second-order valence-corrected chi connectivity index (χ2v) is 7.02. The van der Waals surface area contributed by atoms with Gasteiger partial charge in [0.05, 0.1) is 12.5 Å². The number of carbonyl (C=O) groups is 3. The molecule has 0 unspecified atom stereocenters. The lowest BCUT2D eigenvalue weighted by atomic mass is 9.97. The maximum absolute atomic E-state index is 12.3. The van der Waals surface area contributed by atoms with Gasteiger partial charge in [0.1, 0.15) is 5.75 Å². The Morgan fingerprint density at radius 3 is 2.56 bits per heavy atom. The lowest BCUT2D eigenvalue weighted by Crippen LogP contribution is -2.42. The van der Waals surface area contributed by atoms with E-state index >= 15 is 0 Å². The predicted molar refractivity (Wildman–Crippen MR) is 102 cm³/mol. The van der Waals surface area contributed by atoms with Gasteiger partial charge in [-0.15, -0.1) is 0 Å². The van der Waals surface area contributed by atoms with Gasteiger partial charge in [-0.1, -0.05) is 19.8 Å². The number of amides is 1.